The van der Waals surface area contributed by atoms with E-state index in [0.29, 0.717) is 6.54 Å². The van der Waals surface area contributed by atoms with E-state index in [-0.39, 0.29) is 5.95 Å². The quantitative estimate of drug-likeness (QED) is 0.460. The largest absolute Gasteiger partial charge is 0.307 e. The maximum absolute atomic E-state index is 4.22. The van der Waals surface area contributed by atoms with E-state index >= 15 is 0 Å². The van der Waals surface area contributed by atoms with Crippen molar-refractivity contribution >= 4 is 27.5 Å². The van der Waals surface area contributed by atoms with Crippen LogP contribution in [0.15, 0.2) is 64.8 Å². The monoisotopic (exact) mass is 288 g/mol. The van der Waals surface area contributed by atoms with Crippen LogP contribution in [0.25, 0.3) is 21.5 Å². The van der Waals surface area contributed by atoms with Crippen LogP contribution in [0.1, 0.15) is 5.56 Å². The van der Waals surface area contributed by atoms with Gasteiger partial charge in [0.1, 0.15) is 0 Å². The predicted molar refractivity (Wildman–Crippen MR) is 83.9 cm³/mol. The Balaban J connectivity index is 1.85. The molecule has 4 aromatic rings. The summed E-state index contributed by atoms with van der Waals surface area (Å²) in [6.07, 6.45) is 0. The molecule has 106 valence electrons. The molecule has 6 heteroatoms. The normalized spacial score (nSPS) is 11.6. The van der Waals surface area contributed by atoms with Crippen molar-refractivity contribution in [2.24, 2.45) is 10.2 Å². The molecule has 0 saturated heterocycles. The van der Waals surface area contributed by atoms with Gasteiger partial charge >= 0.3 is 5.95 Å². The number of benzene rings is 3. The number of azo groups is 1. The molecule has 4 rings (SSSR count). The molecule has 1 N–H and O–H groups in total. The molecule has 0 saturated carbocycles. The number of tetrazole rings is 1. The second-order valence-electron chi connectivity index (χ2n) is 4.91. The van der Waals surface area contributed by atoms with E-state index in [4.69, 9.17) is 0 Å². The number of aromatic nitrogens is 4. The van der Waals surface area contributed by atoms with Gasteiger partial charge in [-0.15, -0.1) is 10.2 Å². The van der Waals surface area contributed by atoms with E-state index in [1.807, 2.05) is 24.3 Å². The van der Waals surface area contributed by atoms with Crippen LogP contribution in [0.5, 0.6) is 0 Å². The lowest BCUT2D eigenvalue weighted by Crippen LogP contribution is -1.88. The summed E-state index contributed by atoms with van der Waals surface area (Å²) in [6.45, 7) is 0.469. The van der Waals surface area contributed by atoms with Gasteiger partial charge in [0.2, 0.25) is 0 Å². The van der Waals surface area contributed by atoms with Crippen LogP contribution in [-0.4, -0.2) is 20.6 Å². The van der Waals surface area contributed by atoms with Crippen molar-refractivity contribution in [3.05, 3.63) is 60.2 Å². The maximum Gasteiger partial charge on any atom is 0.307 e. The molecule has 0 unspecified atom stereocenters. The Bertz CT molecular complexity index is 905. The first kappa shape index (κ1) is 12.6. The summed E-state index contributed by atoms with van der Waals surface area (Å²) in [5.74, 6) is 0.240. The molecule has 0 fully saturated rings. The van der Waals surface area contributed by atoms with Crippen LogP contribution in [0, 0.1) is 0 Å². The second-order valence-corrected chi connectivity index (χ2v) is 4.91. The van der Waals surface area contributed by atoms with Gasteiger partial charge in [-0.2, -0.15) is 10.3 Å². The van der Waals surface area contributed by atoms with Gasteiger partial charge in [-0.25, -0.2) is 0 Å². The zero-order chi connectivity index (χ0) is 14.8. The summed E-state index contributed by atoms with van der Waals surface area (Å²) in [6, 6.07) is 18.8. The summed E-state index contributed by atoms with van der Waals surface area (Å²) in [5.41, 5.74) is 1.15. The van der Waals surface area contributed by atoms with E-state index in [9.17, 15) is 0 Å². The Morgan fingerprint density at radius 3 is 2.23 bits per heavy atom. The van der Waals surface area contributed by atoms with Crippen molar-refractivity contribution in [2.75, 3.05) is 0 Å². The first-order valence-electron chi connectivity index (χ1n) is 6.92. The molecule has 0 aliphatic heterocycles. The van der Waals surface area contributed by atoms with Crippen LogP contribution in [0.2, 0.25) is 0 Å². The standard InChI is InChI=1S/C16H12N6/c1-3-7-13-11(5-1)9-12-6-2-4-8-14(12)15(13)10-17-18-16-19-21-22-20-16/h1-9H,10H2,(H,19,20,21,22). The fourth-order valence-electron chi connectivity index (χ4n) is 2.65. The van der Waals surface area contributed by atoms with Gasteiger partial charge in [-0.05, 0) is 38.4 Å². The van der Waals surface area contributed by atoms with Crippen LogP contribution in [0.3, 0.4) is 0 Å². The molecular formula is C16H12N6. The minimum absolute atomic E-state index is 0.240. The van der Waals surface area contributed by atoms with Gasteiger partial charge < -0.3 is 0 Å². The Morgan fingerprint density at radius 2 is 1.59 bits per heavy atom. The number of aromatic amines is 1. The molecule has 3 aromatic carbocycles. The first-order chi connectivity index (χ1) is 10.9. The summed E-state index contributed by atoms with van der Waals surface area (Å²) >= 11 is 0. The summed E-state index contributed by atoms with van der Waals surface area (Å²) in [7, 11) is 0. The van der Waals surface area contributed by atoms with Gasteiger partial charge in [0.05, 0.1) is 6.54 Å². The SMILES string of the molecule is c1ccc2c(CN=Nc3nn[nH]n3)c3ccccc3cc2c1. The highest BCUT2D eigenvalue weighted by molar-refractivity contribution is 6.02. The van der Waals surface area contributed by atoms with E-state index in [1.54, 1.807) is 0 Å². The number of hydrogen-bond donors (Lipinski definition) is 1. The van der Waals surface area contributed by atoms with Crippen molar-refractivity contribution in [1.29, 1.82) is 0 Å². The fraction of sp³-hybridized carbons (Fsp3) is 0.0625. The number of rotatable bonds is 3. The molecule has 22 heavy (non-hydrogen) atoms. The van der Waals surface area contributed by atoms with Gasteiger partial charge in [0, 0.05) is 0 Å². The number of hydrogen-bond acceptors (Lipinski definition) is 5. The molecule has 0 radical (unpaired) electrons. The molecule has 1 heterocycles. The zero-order valence-electron chi connectivity index (χ0n) is 11.6. The van der Waals surface area contributed by atoms with Crippen LogP contribution in [0.4, 0.5) is 5.95 Å². The predicted octanol–water partition coefficient (Wildman–Crippen LogP) is 3.79. The van der Waals surface area contributed by atoms with E-state index in [0.717, 1.165) is 5.56 Å². The number of H-pyrrole nitrogens is 1. The van der Waals surface area contributed by atoms with Crippen molar-refractivity contribution < 1.29 is 0 Å². The second kappa shape index (κ2) is 5.33. The lowest BCUT2D eigenvalue weighted by molar-refractivity contribution is 0.881. The Kier molecular flexibility index (Phi) is 3.05. The average Bonchev–Trinajstić information content (AvgIpc) is 3.07. The molecule has 0 bridgehead atoms. The highest BCUT2D eigenvalue weighted by Crippen LogP contribution is 2.29. The molecule has 0 aliphatic rings. The number of nitrogens with zero attached hydrogens (tertiary/aromatic N) is 5. The summed E-state index contributed by atoms with van der Waals surface area (Å²) in [4.78, 5) is 0. The molecular weight excluding hydrogens is 276 g/mol. The average molecular weight is 288 g/mol. The van der Waals surface area contributed by atoms with E-state index < -0.39 is 0 Å². The Hall–Kier alpha value is -3.15. The third-order valence-electron chi connectivity index (χ3n) is 3.61. The van der Waals surface area contributed by atoms with Gasteiger partial charge in [-0.3, -0.25) is 0 Å². The van der Waals surface area contributed by atoms with Gasteiger partial charge in [-0.1, -0.05) is 53.6 Å². The highest BCUT2D eigenvalue weighted by atomic mass is 15.5. The number of fused-ring (bicyclic) bond motifs is 2. The molecule has 0 spiro atoms. The van der Waals surface area contributed by atoms with Crippen LogP contribution in [-0.2, 0) is 6.54 Å². The summed E-state index contributed by atoms with van der Waals surface area (Å²) in [5, 5.41) is 26.3. The third-order valence-corrected chi connectivity index (χ3v) is 3.61. The van der Waals surface area contributed by atoms with Crippen molar-refractivity contribution in [1.82, 2.24) is 20.6 Å². The zero-order valence-corrected chi connectivity index (χ0v) is 11.6. The van der Waals surface area contributed by atoms with E-state index in [2.05, 4.69) is 61.2 Å². The number of nitrogens with one attached hydrogen (secondary N) is 1. The lowest BCUT2D eigenvalue weighted by atomic mass is 9.97. The van der Waals surface area contributed by atoms with E-state index in [1.165, 1.54) is 21.5 Å². The fourth-order valence-corrected chi connectivity index (χ4v) is 2.65. The Morgan fingerprint density at radius 1 is 0.909 bits per heavy atom. The van der Waals surface area contributed by atoms with Gasteiger partial charge in [0.15, 0.2) is 0 Å². The van der Waals surface area contributed by atoms with Crippen molar-refractivity contribution in [3.8, 4) is 0 Å². The third kappa shape index (κ3) is 2.20. The lowest BCUT2D eigenvalue weighted by Gasteiger charge is -2.09. The Labute approximate surface area is 125 Å². The minimum atomic E-state index is 0.240. The smallest absolute Gasteiger partial charge is 0.180 e. The topological polar surface area (TPSA) is 79.2 Å². The first-order valence-corrected chi connectivity index (χ1v) is 6.92. The highest BCUT2D eigenvalue weighted by Gasteiger charge is 2.06. The van der Waals surface area contributed by atoms with Crippen LogP contribution >= 0.6 is 0 Å². The molecule has 6 nitrogen and oxygen atoms in total. The van der Waals surface area contributed by atoms with Gasteiger partial charge in [0.25, 0.3) is 0 Å². The molecule has 0 amide bonds. The van der Waals surface area contributed by atoms with Crippen molar-refractivity contribution in [3.63, 3.8) is 0 Å². The maximum atomic E-state index is 4.22. The molecule has 1 aromatic heterocycles. The molecule has 0 atom stereocenters. The molecule has 0 aliphatic carbocycles. The minimum Gasteiger partial charge on any atom is -0.180 e. The van der Waals surface area contributed by atoms with Crippen LogP contribution < -0.4 is 0 Å². The van der Waals surface area contributed by atoms with Crippen molar-refractivity contribution in [2.45, 2.75) is 6.54 Å². The summed E-state index contributed by atoms with van der Waals surface area (Å²) < 4.78 is 0.